The summed E-state index contributed by atoms with van der Waals surface area (Å²) in [6.07, 6.45) is 7.36. The van der Waals surface area contributed by atoms with Crippen LogP contribution >= 0.6 is 11.3 Å². The van der Waals surface area contributed by atoms with Crippen LogP contribution in [0.15, 0.2) is 96.8 Å². The van der Waals surface area contributed by atoms with Gasteiger partial charge in [-0.05, 0) is 23.8 Å². The molecule has 6 heteroatoms. The third-order valence-corrected chi connectivity index (χ3v) is 6.01. The first-order valence-electron chi connectivity index (χ1n) is 10.4. The van der Waals surface area contributed by atoms with E-state index in [4.69, 9.17) is 10.1 Å². The first-order valence-corrected chi connectivity index (χ1v) is 11.3. The number of nitriles is 1. The Labute approximate surface area is 196 Å². The lowest BCUT2D eigenvalue weighted by atomic mass is 10.1. The van der Waals surface area contributed by atoms with Crippen LogP contribution in [0.5, 0.6) is 0 Å². The smallest absolute Gasteiger partial charge is 0.134 e. The van der Waals surface area contributed by atoms with E-state index < -0.39 is 0 Å². The molecule has 5 aromatic rings. The second-order valence-corrected chi connectivity index (χ2v) is 8.29. The van der Waals surface area contributed by atoms with Gasteiger partial charge in [-0.3, -0.25) is 9.67 Å². The third kappa shape index (κ3) is 4.64. The molecule has 0 aliphatic heterocycles. The standard InChI is InChI=1S/C27H19N5S/c28-15-23(27-30-25(19-33-27)21-10-5-2-6-11-21)14-24-18-32(17-20-8-3-1-4-9-20)31-26(24)22-12-7-13-29-16-22/h1-14,16,18-19H,17H2/b23-14+. The number of rotatable bonds is 6. The quantitative estimate of drug-likeness (QED) is 0.293. The summed E-state index contributed by atoms with van der Waals surface area (Å²) >= 11 is 1.47. The maximum atomic E-state index is 9.93. The lowest BCUT2D eigenvalue weighted by Gasteiger charge is -2.01. The second-order valence-electron chi connectivity index (χ2n) is 7.43. The number of benzene rings is 2. The normalized spacial score (nSPS) is 11.3. The van der Waals surface area contributed by atoms with Crippen LogP contribution in [0.25, 0.3) is 34.2 Å². The summed E-state index contributed by atoms with van der Waals surface area (Å²) in [5, 5.41) is 17.4. The molecule has 2 aromatic carbocycles. The molecule has 0 amide bonds. The number of hydrogen-bond donors (Lipinski definition) is 0. The molecule has 0 aliphatic carbocycles. The fourth-order valence-electron chi connectivity index (χ4n) is 3.56. The lowest BCUT2D eigenvalue weighted by Crippen LogP contribution is -2.00. The van der Waals surface area contributed by atoms with Crippen LogP contribution < -0.4 is 0 Å². The van der Waals surface area contributed by atoms with Gasteiger partial charge in [0, 0.05) is 40.7 Å². The van der Waals surface area contributed by atoms with Crippen LogP contribution in [0.4, 0.5) is 0 Å². The predicted octanol–water partition coefficient (Wildman–Crippen LogP) is 6.18. The molecule has 0 radical (unpaired) electrons. The molecule has 0 saturated heterocycles. The molecule has 0 bridgehead atoms. The van der Waals surface area contributed by atoms with Gasteiger partial charge in [0.15, 0.2) is 0 Å². The van der Waals surface area contributed by atoms with Crippen LogP contribution in [0, 0.1) is 11.3 Å². The molecule has 0 spiro atoms. The highest BCUT2D eigenvalue weighted by Crippen LogP contribution is 2.30. The monoisotopic (exact) mass is 445 g/mol. The van der Waals surface area contributed by atoms with E-state index in [0.29, 0.717) is 17.1 Å². The van der Waals surface area contributed by atoms with Crippen molar-refractivity contribution in [3.05, 3.63) is 113 Å². The van der Waals surface area contributed by atoms with Crippen LogP contribution in [-0.4, -0.2) is 19.7 Å². The number of hydrogen-bond acceptors (Lipinski definition) is 5. The average Bonchev–Trinajstić information content (AvgIpc) is 3.52. The fourth-order valence-corrected chi connectivity index (χ4v) is 4.35. The van der Waals surface area contributed by atoms with Gasteiger partial charge in [0.2, 0.25) is 0 Å². The van der Waals surface area contributed by atoms with E-state index in [1.54, 1.807) is 12.4 Å². The van der Waals surface area contributed by atoms with E-state index in [1.165, 1.54) is 11.3 Å². The first kappa shape index (κ1) is 20.6. The Morgan fingerprint density at radius 1 is 0.970 bits per heavy atom. The minimum absolute atomic E-state index is 0.506. The third-order valence-electron chi connectivity index (χ3n) is 5.14. The van der Waals surface area contributed by atoms with Crippen molar-refractivity contribution in [2.75, 3.05) is 0 Å². The Kier molecular flexibility index (Phi) is 5.87. The summed E-state index contributed by atoms with van der Waals surface area (Å²) in [5.74, 6) is 0. The molecular formula is C27H19N5S. The summed E-state index contributed by atoms with van der Waals surface area (Å²) in [4.78, 5) is 8.96. The van der Waals surface area contributed by atoms with Gasteiger partial charge in [0.05, 0.1) is 17.8 Å². The molecule has 5 nitrogen and oxygen atoms in total. The van der Waals surface area contributed by atoms with E-state index in [0.717, 1.165) is 33.6 Å². The largest absolute Gasteiger partial charge is 0.267 e. The predicted molar refractivity (Wildman–Crippen MR) is 132 cm³/mol. The Morgan fingerprint density at radius 3 is 2.45 bits per heavy atom. The fraction of sp³-hybridized carbons (Fsp3) is 0.0370. The zero-order chi connectivity index (χ0) is 22.5. The van der Waals surface area contributed by atoms with Crippen molar-refractivity contribution in [2.24, 2.45) is 0 Å². The van der Waals surface area contributed by atoms with Gasteiger partial charge < -0.3 is 0 Å². The van der Waals surface area contributed by atoms with Gasteiger partial charge in [0.25, 0.3) is 0 Å². The van der Waals surface area contributed by atoms with E-state index in [1.807, 2.05) is 83.0 Å². The van der Waals surface area contributed by atoms with Gasteiger partial charge in [-0.2, -0.15) is 10.4 Å². The zero-order valence-electron chi connectivity index (χ0n) is 17.7. The Balaban J connectivity index is 1.54. The van der Waals surface area contributed by atoms with E-state index in [-0.39, 0.29) is 0 Å². The zero-order valence-corrected chi connectivity index (χ0v) is 18.5. The molecule has 0 unspecified atom stereocenters. The lowest BCUT2D eigenvalue weighted by molar-refractivity contribution is 0.689. The molecule has 33 heavy (non-hydrogen) atoms. The Bertz CT molecular complexity index is 1430. The van der Waals surface area contributed by atoms with Gasteiger partial charge in [-0.15, -0.1) is 11.3 Å². The molecule has 0 fully saturated rings. The molecule has 0 atom stereocenters. The van der Waals surface area contributed by atoms with Crippen molar-refractivity contribution in [1.29, 1.82) is 5.26 Å². The molecule has 0 N–H and O–H groups in total. The SMILES string of the molecule is N#C/C(=C\c1cn(Cc2ccccc2)nc1-c1cccnc1)c1nc(-c2ccccc2)cs1. The second kappa shape index (κ2) is 9.43. The molecular weight excluding hydrogens is 426 g/mol. The highest BCUT2D eigenvalue weighted by Gasteiger charge is 2.14. The molecule has 0 aliphatic rings. The number of pyridine rings is 1. The van der Waals surface area contributed by atoms with Crippen LogP contribution in [0.1, 0.15) is 16.1 Å². The summed E-state index contributed by atoms with van der Waals surface area (Å²) in [6.45, 7) is 0.638. The van der Waals surface area contributed by atoms with Gasteiger partial charge in [-0.1, -0.05) is 60.7 Å². The van der Waals surface area contributed by atoms with Crippen molar-refractivity contribution in [3.63, 3.8) is 0 Å². The van der Waals surface area contributed by atoms with Gasteiger partial charge >= 0.3 is 0 Å². The van der Waals surface area contributed by atoms with Crippen molar-refractivity contribution in [2.45, 2.75) is 6.54 Å². The van der Waals surface area contributed by atoms with Gasteiger partial charge in [0.1, 0.15) is 16.8 Å². The molecule has 5 rings (SSSR count). The topological polar surface area (TPSA) is 67.4 Å². The highest BCUT2D eigenvalue weighted by molar-refractivity contribution is 7.11. The van der Waals surface area contributed by atoms with Crippen molar-refractivity contribution < 1.29 is 0 Å². The van der Waals surface area contributed by atoms with Gasteiger partial charge in [-0.25, -0.2) is 4.98 Å². The van der Waals surface area contributed by atoms with Crippen molar-refractivity contribution in [1.82, 2.24) is 19.7 Å². The number of nitrogens with zero attached hydrogens (tertiary/aromatic N) is 5. The minimum Gasteiger partial charge on any atom is -0.267 e. The van der Waals surface area contributed by atoms with E-state index in [9.17, 15) is 5.26 Å². The summed E-state index contributed by atoms with van der Waals surface area (Å²) < 4.78 is 1.90. The van der Waals surface area contributed by atoms with Crippen LogP contribution in [0.2, 0.25) is 0 Å². The molecule has 3 heterocycles. The maximum Gasteiger partial charge on any atom is 0.134 e. The maximum absolute atomic E-state index is 9.93. The number of allylic oxidation sites excluding steroid dienone is 1. The van der Waals surface area contributed by atoms with E-state index >= 15 is 0 Å². The minimum atomic E-state index is 0.506. The molecule has 0 saturated carbocycles. The first-order chi connectivity index (χ1) is 16.3. The van der Waals surface area contributed by atoms with Crippen LogP contribution in [-0.2, 0) is 6.54 Å². The highest BCUT2D eigenvalue weighted by atomic mass is 32.1. The molecule has 3 aromatic heterocycles. The average molecular weight is 446 g/mol. The summed E-state index contributed by atoms with van der Waals surface area (Å²) in [6, 6.07) is 26.3. The van der Waals surface area contributed by atoms with Crippen molar-refractivity contribution in [3.8, 4) is 28.6 Å². The summed E-state index contributed by atoms with van der Waals surface area (Å²) in [7, 11) is 0. The van der Waals surface area contributed by atoms with Crippen LogP contribution in [0.3, 0.4) is 0 Å². The Hall–Kier alpha value is -4.34. The molecule has 158 valence electrons. The summed E-state index contributed by atoms with van der Waals surface area (Å²) in [5.41, 5.74) is 6.09. The number of thiazole rings is 1. The van der Waals surface area contributed by atoms with E-state index in [2.05, 4.69) is 23.2 Å². The number of aromatic nitrogens is 4. The van der Waals surface area contributed by atoms with Crippen molar-refractivity contribution >= 4 is 23.0 Å². The Morgan fingerprint density at radius 2 is 1.73 bits per heavy atom.